The second-order valence-corrected chi connectivity index (χ2v) is 4.14. The van der Waals surface area contributed by atoms with Crippen LogP contribution < -0.4 is 5.32 Å². The van der Waals surface area contributed by atoms with Crippen LogP contribution in [0.4, 0.5) is 0 Å². The van der Waals surface area contributed by atoms with Crippen molar-refractivity contribution in [1.82, 2.24) is 5.32 Å². The minimum Gasteiger partial charge on any atom is -0.316 e. The Balaban J connectivity index is 2.68. The van der Waals surface area contributed by atoms with Gasteiger partial charge in [0.1, 0.15) is 0 Å². The molecule has 0 atom stereocenters. The van der Waals surface area contributed by atoms with Gasteiger partial charge < -0.3 is 5.32 Å². The van der Waals surface area contributed by atoms with E-state index < -0.39 is 0 Å². The Hall–Kier alpha value is -0.860. The van der Waals surface area contributed by atoms with Gasteiger partial charge in [0, 0.05) is 11.0 Å². The summed E-state index contributed by atoms with van der Waals surface area (Å²) in [6, 6.07) is 12.7. The number of hydrogen-bond acceptors (Lipinski definition) is 1. The Bertz CT molecular complexity index is 451. The van der Waals surface area contributed by atoms with Crippen LogP contribution >= 0.6 is 15.9 Å². The molecule has 0 aliphatic heterocycles. The van der Waals surface area contributed by atoms with Crippen LogP contribution in [0.25, 0.3) is 10.8 Å². The third-order valence-electron chi connectivity index (χ3n) is 2.33. The molecule has 0 aliphatic carbocycles. The summed E-state index contributed by atoms with van der Waals surface area (Å²) in [7, 11) is 1.97. The van der Waals surface area contributed by atoms with Crippen LogP contribution in [-0.4, -0.2) is 7.05 Å². The van der Waals surface area contributed by atoms with Gasteiger partial charge in [-0.15, -0.1) is 0 Å². The van der Waals surface area contributed by atoms with Crippen molar-refractivity contribution in [2.45, 2.75) is 6.54 Å². The summed E-state index contributed by atoms with van der Waals surface area (Å²) in [5, 5.41) is 5.77. The molecule has 0 amide bonds. The van der Waals surface area contributed by atoms with E-state index >= 15 is 0 Å². The first-order valence-corrected chi connectivity index (χ1v) is 5.43. The van der Waals surface area contributed by atoms with Gasteiger partial charge in [-0.25, -0.2) is 0 Å². The summed E-state index contributed by atoms with van der Waals surface area (Å²) >= 11 is 3.56. The van der Waals surface area contributed by atoms with Gasteiger partial charge in [-0.2, -0.15) is 0 Å². The lowest BCUT2D eigenvalue weighted by molar-refractivity contribution is 0.823. The van der Waals surface area contributed by atoms with Crippen molar-refractivity contribution in [3.05, 3.63) is 46.4 Å². The van der Waals surface area contributed by atoms with Crippen LogP contribution in [0.15, 0.2) is 40.9 Å². The molecule has 14 heavy (non-hydrogen) atoms. The van der Waals surface area contributed by atoms with Crippen LogP contribution in [0, 0.1) is 0 Å². The van der Waals surface area contributed by atoms with Crippen LogP contribution in [-0.2, 0) is 6.54 Å². The summed E-state index contributed by atoms with van der Waals surface area (Å²) in [5.41, 5.74) is 1.34. The number of benzene rings is 2. The Morgan fingerprint density at radius 1 is 1.07 bits per heavy atom. The normalized spacial score (nSPS) is 10.7. The van der Waals surface area contributed by atoms with E-state index in [-0.39, 0.29) is 0 Å². The van der Waals surface area contributed by atoms with E-state index in [1.165, 1.54) is 16.3 Å². The van der Waals surface area contributed by atoms with Gasteiger partial charge in [0.15, 0.2) is 0 Å². The average molecular weight is 250 g/mol. The fourth-order valence-electron chi connectivity index (χ4n) is 1.67. The van der Waals surface area contributed by atoms with E-state index in [1.54, 1.807) is 0 Å². The lowest BCUT2D eigenvalue weighted by Gasteiger charge is -2.07. The van der Waals surface area contributed by atoms with Crippen molar-refractivity contribution >= 4 is 26.7 Å². The molecule has 0 radical (unpaired) electrons. The summed E-state index contributed by atoms with van der Waals surface area (Å²) < 4.78 is 1.16. The second-order valence-electron chi connectivity index (χ2n) is 3.28. The van der Waals surface area contributed by atoms with Crippen molar-refractivity contribution in [3.63, 3.8) is 0 Å². The minimum absolute atomic E-state index is 0.911. The third kappa shape index (κ3) is 1.68. The number of rotatable bonds is 2. The number of fused-ring (bicyclic) bond motifs is 1. The molecule has 0 heterocycles. The predicted octanol–water partition coefficient (Wildman–Crippen LogP) is 3.32. The van der Waals surface area contributed by atoms with Crippen LogP contribution in [0.5, 0.6) is 0 Å². The number of hydrogen-bond donors (Lipinski definition) is 1. The van der Waals surface area contributed by atoms with Crippen LogP contribution in [0.3, 0.4) is 0 Å². The Kier molecular flexibility index (Phi) is 2.85. The van der Waals surface area contributed by atoms with Gasteiger partial charge >= 0.3 is 0 Å². The van der Waals surface area contributed by atoms with Gasteiger partial charge in [0.2, 0.25) is 0 Å². The quantitative estimate of drug-likeness (QED) is 0.862. The molecule has 0 spiro atoms. The molecule has 1 nitrogen and oxygen atoms in total. The maximum atomic E-state index is 3.56. The fraction of sp³-hybridized carbons (Fsp3) is 0.167. The van der Waals surface area contributed by atoms with Gasteiger partial charge in [-0.1, -0.05) is 46.3 Å². The monoisotopic (exact) mass is 249 g/mol. The molecule has 0 aliphatic rings. The zero-order valence-electron chi connectivity index (χ0n) is 8.05. The fourth-order valence-corrected chi connectivity index (χ4v) is 2.15. The number of nitrogens with one attached hydrogen (secondary N) is 1. The van der Waals surface area contributed by atoms with Crippen molar-refractivity contribution < 1.29 is 0 Å². The van der Waals surface area contributed by atoms with Gasteiger partial charge in [0.05, 0.1) is 0 Å². The highest BCUT2D eigenvalue weighted by Gasteiger charge is 2.02. The average Bonchev–Trinajstić information content (AvgIpc) is 2.23. The van der Waals surface area contributed by atoms with Crippen LogP contribution in [0.2, 0.25) is 0 Å². The zero-order chi connectivity index (χ0) is 9.97. The third-order valence-corrected chi connectivity index (χ3v) is 3.02. The first kappa shape index (κ1) is 9.69. The second kappa shape index (κ2) is 4.11. The van der Waals surface area contributed by atoms with E-state index in [1.807, 2.05) is 7.05 Å². The molecule has 2 aromatic carbocycles. The van der Waals surface area contributed by atoms with E-state index in [4.69, 9.17) is 0 Å². The molecular weight excluding hydrogens is 238 g/mol. The smallest absolute Gasteiger partial charge is 0.0253 e. The van der Waals surface area contributed by atoms with Gasteiger partial charge in [0.25, 0.3) is 0 Å². The van der Waals surface area contributed by atoms with Crippen molar-refractivity contribution in [3.8, 4) is 0 Å². The first-order chi connectivity index (χ1) is 6.83. The molecule has 2 aromatic rings. The predicted molar refractivity (Wildman–Crippen MR) is 64.4 cm³/mol. The lowest BCUT2D eigenvalue weighted by Crippen LogP contribution is -2.05. The molecule has 2 rings (SSSR count). The molecule has 0 saturated carbocycles. The van der Waals surface area contributed by atoms with Crippen molar-refractivity contribution in [1.29, 1.82) is 0 Å². The molecule has 0 aromatic heterocycles. The van der Waals surface area contributed by atoms with E-state index in [2.05, 4.69) is 57.6 Å². The Morgan fingerprint density at radius 2 is 1.79 bits per heavy atom. The standard InChI is InChI=1S/C12H12BrN/c1-14-8-9-6-7-12(13)11-5-3-2-4-10(9)11/h2-7,14H,8H2,1H3. The van der Waals surface area contributed by atoms with E-state index in [0.29, 0.717) is 0 Å². The largest absolute Gasteiger partial charge is 0.316 e. The maximum absolute atomic E-state index is 3.56. The van der Waals surface area contributed by atoms with Crippen molar-refractivity contribution in [2.24, 2.45) is 0 Å². The first-order valence-electron chi connectivity index (χ1n) is 4.63. The summed E-state index contributed by atoms with van der Waals surface area (Å²) in [6.07, 6.45) is 0. The van der Waals surface area contributed by atoms with E-state index in [9.17, 15) is 0 Å². The zero-order valence-corrected chi connectivity index (χ0v) is 9.64. The summed E-state index contributed by atoms with van der Waals surface area (Å²) in [4.78, 5) is 0. The van der Waals surface area contributed by atoms with Gasteiger partial charge in [-0.05, 0) is 29.4 Å². The lowest BCUT2D eigenvalue weighted by atomic mass is 10.0. The summed E-state index contributed by atoms with van der Waals surface area (Å²) in [5.74, 6) is 0. The van der Waals surface area contributed by atoms with E-state index in [0.717, 1.165) is 11.0 Å². The number of halogens is 1. The topological polar surface area (TPSA) is 12.0 Å². The molecule has 0 saturated heterocycles. The molecule has 0 bridgehead atoms. The Morgan fingerprint density at radius 3 is 2.50 bits per heavy atom. The van der Waals surface area contributed by atoms with Crippen LogP contribution in [0.1, 0.15) is 5.56 Å². The van der Waals surface area contributed by atoms with Crippen molar-refractivity contribution in [2.75, 3.05) is 7.05 Å². The highest BCUT2D eigenvalue weighted by atomic mass is 79.9. The highest BCUT2D eigenvalue weighted by Crippen LogP contribution is 2.26. The highest BCUT2D eigenvalue weighted by molar-refractivity contribution is 9.10. The molecule has 0 fully saturated rings. The minimum atomic E-state index is 0.911. The maximum Gasteiger partial charge on any atom is 0.0253 e. The SMILES string of the molecule is CNCc1ccc(Br)c2ccccc12. The molecule has 2 heteroatoms. The molecule has 1 N–H and O–H groups in total. The summed E-state index contributed by atoms with van der Waals surface area (Å²) in [6.45, 7) is 0.911. The molecular formula is C12H12BrN. The molecule has 0 unspecified atom stereocenters. The van der Waals surface area contributed by atoms with Gasteiger partial charge in [-0.3, -0.25) is 0 Å². The molecule has 72 valence electrons. The Labute approximate surface area is 92.3 Å².